The zero-order valence-electron chi connectivity index (χ0n) is 21.9. The predicted molar refractivity (Wildman–Crippen MR) is 135 cm³/mol. The second kappa shape index (κ2) is 29.3. The largest absolute Gasteiger partial charge is 0.467 e. The van der Waals surface area contributed by atoms with Crippen molar-refractivity contribution in [1.82, 2.24) is 0 Å². The van der Waals surface area contributed by atoms with Gasteiger partial charge in [0.1, 0.15) is 6.61 Å². The molecule has 0 bridgehead atoms. The molecule has 0 atom stereocenters. The fraction of sp³-hybridized carbons (Fsp3) is 0.963. The van der Waals surface area contributed by atoms with Crippen LogP contribution >= 0.6 is 0 Å². The van der Waals surface area contributed by atoms with Crippen molar-refractivity contribution in [2.24, 2.45) is 0 Å². The van der Waals surface area contributed by atoms with E-state index in [-0.39, 0.29) is 12.6 Å². The predicted octanol–water partition coefficient (Wildman–Crippen LogP) is 6.49. The average molecular weight is 475 g/mol. The Bertz CT molecular complexity index is 378. The Balaban J connectivity index is 3.02. The van der Waals surface area contributed by atoms with E-state index in [4.69, 9.17) is 18.9 Å². The summed E-state index contributed by atoms with van der Waals surface area (Å²) in [4.78, 5) is 10.8. The molecule has 0 fully saturated rings. The van der Waals surface area contributed by atoms with Crippen molar-refractivity contribution < 1.29 is 28.5 Å². The fourth-order valence-electron chi connectivity index (χ4n) is 3.63. The first-order valence-corrected chi connectivity index (χ1v) is 13.7. The van der Waals surface area contributed by atoms with Gasteiger partial charge in [0, 0.05) is 6.61 Å². The van der Waals surface area contributed by atoms with E-state index in [2.05, 4.69) is 11.7 Å². The topological polar surface area (TPSA) is 63.2 Å². The number of methoxy groups -OCH3 is 1. The third kappa shape index (κ3) is 29.3. The van der Waals surface area contributed by atoms with Gasteiger partial charge < -0.3 is 23.7 Å². The SMILES string of the molecule is CCCCCCCCCCCCCCCCCCOCCOCCOCCOCC(=O)OC. The lowest BCUT2D eigenvalue weighted by Crippen LogP contribution is -2.15. The molecule has 0 rings (SSSR count). The molecule has 0 heterocycles. The van der Waals surface area contributed by atoms with Crippen LogP contribution in [0.3, 0.4) is 0 Å². The summed E-state index contributed by atoms with van der Waals surface area (Å²) in [6, 6.07) is 0. The molecule has 6 nitrogen and oxygen atoms in total. The molecule has 0 aromatic rings. The van der Waals surface area contributed by atoms with Crippen molar-refractivity contribution in [3.8, 4) is 0 Å². The second-order valence-corrected chi connectivity index (χ2v) is 8.77. The van der Waals surface area contributed by atoms with E-state index >= 15 is 0 Å². The van der Waals surface area contributed by atoms with Crippen LogP contribution in [0.5, 0.6) is 0 Å². The van der Waals surface area contributed by atoms with Crippen molar-refractivity contribution in [3.63, 3.8) is 0 Å². The first-order chi connectivity index (χ1) is 16.3. The Labute approximate surface area is 204 Å². The lowest BCUT2D eigenvalue weighted by atomic mass is 10.0. The van der Waals surface area contributed by atoms with Gasteiger partial charge >= 0.3 is 5.97 Å². The molecule has 0 aliphatic carbocycles. The zero-order chi connectivity index (χ0) is 24.1. The molecule has 0 saturated carbocycles. The van der Waals surface area contributed by atoms with Gasteiger partial charge in [-0.05, 0) is 6.42 Å². The van der Waals surface area contributed by atoms with Gasteiger partial charge in [0.15, 0.2) is 0 Å². The minimum atomic E-state index is -0.377. The Morgan fingerprint density at radius 1 is 0.455 bits per heavy atom. The summed E-state index contributed by atoms with van der Waals surface area (Å²) in [5.41, 5.74) is 0. The molecule has 0 spiro atoms. The smallest absolute Gasteiger partial charge is 0.331 e. The van der Waals surface area contributed by atoms with Crippen molar-refractivity contribution >= 4 is 5.97 Å². The average Bonchev–Trinajstić information content (AvgIpc) is 2.83. The molecule has 0 aliphatic rings. The maximum atomic E-state index is 10.8. The fourth-order valence-corrected chi connectivity index (χ4v) is 3.63. The molecule has 0 aromatic carbocycles. The lowest BCUT2D eigenvalue weighted by molar-refractivity contribution is -0.146. The van der Waals surface area contributed by atoms with E-state index in [9.17, 15) is 4.79 Å². The molecule has 0 unspecified atom stereocenters. The second-order valence-electron chi connectivity index (χ2n) is 8.77. The normalized spacial score (nSPS) is 11.2. The van der Waals surface area contributed by atoms with Crippen LogP contribution < -0.4 is 0 Å². The molecule has 0 saturated heterocycles. The van der Waals surface area contributed by atoms with Crippen LogP contribution in [-0.2, 0) is 28.5 Å². The van der Waals surface area contributed by atoms with Gasteiger partial charge in [0.25, 0.3) is 0 Å². The van der Waals surface area contributed by atoms with Gasteiger partial charge in [0.2, 0.25) is 0 Å². The number of esters is 1. The number of rotatable bonds is 28. The monoisotopic (exact) mass is 474 g/mol. The van der Waals surface area contributed by atoms with Crippen LogP contribution in [0.15, 0.2) is 0 Å². The van der Waals surface area contributed by atoms with Crippen LogP contribution in [-0.4, -0.2) is 65.9 Å². The summed E-state index contributed by atoms with van der Waals surface area (Å²) >= 11 is 0. The molecule has 0 radical (unpaired) electrons. The van der Waals surface area contributed by atoms with E-state index in [0.29, 0.717) is 39.6 Å². The summed E-state index contributed by atoms with van der Waals surface area (Å²) in [7, 11) is 1.34. The van der Waals surface area contributed by atoms with E-state index in [0.717, 1.165) is 13.0 Å². The third-order valence-electron chi connectivity index (χ3n) is 5.71. The highest BCUT2D eigenvalue weighted by atomic mass is 16.6. The summed E-state index contributed by atoms with van der Waals surface area (Å²) in [5.74, 6) is -0.377. The quantitative estimate of drug-likeness (QED) is 0.0954. The van der Waals surface area contributed by atoms with Gasteiger partial charge in [-0.1, -0.05) is 103 Å². The zero-order valence-corrected chi connectivity index (χ0v) is 21.9. The number of ether oxygens (including phenoxy) is 5. The van der Waals surface area contributed by atoms with Crippen molar-refractivity contribution in [3.05, 3.63) is 0 Å². The molecule has 198 valence electrons. The summed E-state index contributed by atoms with van der Waals surface area (Å²) < 4.78 is 26.0. The molecule has 0 aromatic heterocycles. The van der Waals surface area contributed by atoms with Gasteiger partial charge in [-0.3, -0.25) is 0 Å². The first kappa shape index (κ1) is 32.3. The van der Waals surface area contributed by atoms with Gasteiger partial charge in [-0.25, -0.2) is 4.79 Å². The highest BCUT2D eigenvalue weighted by Gasteiger charge is 1.99. The third-order valence-corrected chi connectivity index (χ3v) is 5.71. The van der Waals surface area contributed by atoms with Crippen LogP contribution in [0, 0.1) is 0 Å². The number of carbonyl (C=O) groups is 1. The Morgan fingerprint density at radius 3 is 1.18 bits per heavy atom. The number of hydrogen-bond acceptors (Lipinski definition) is 6. The molecule has 0 aliphatic heterocycles. The number of unbranched alkanes of at least 4 members (excludes halogenated alkanes) is 15. The summed E-state index contributed by atoms with van der Waals surface area (Å²) in [5, 5.41) is 0. The van der Waals surface area contributed by atoms with E-state index in [1.165, 1.54) is 103 Å². The Hall–Kier alpha value is -0.690. The van der Waals surface area contributed by atoms with E-state index in [1.807, 2.05) is 0 Å². The highest BCUT2D eigenvalue weighted by molar-refractivity contribution is 5.70. The van der Waals surface area contributed by atoms with E-state index < -0.39 is 0 Å². The minimum absolute atomic E-state index is 0.0346. The van der Waals surface area contributed by atoms with Crippen LogP contribution in [0.2, 0.25) is 0 Å². The van der Waals surface area contributed by atoms with E-state index in [1.54, 1.807) is 0 Å². The van der Waals surface area contributed by atoms with Gasteiger partial charge in [0.05, 0.1) is 46.8 Å². The highest BCUT2D eigenvalue weighted by Crippen LogP contribution is 2.13. The van der Waals surface area contributed by atoms with Crippen molar-refractivity contribution in [1.29, 1.82) is 0 Å². The molecular weight excluding hydrogens is 420 g/mol. The molecule has 33 heavy (non-hydrogen) atoms. The molecule has 0 amide bonds. The Morgan fingerprint density at radius 2 is 0.788 bits per heavy atom. The molecular formula is C27H54O6. The Kier molecular flexibility index (Phi) is 28.7. The molecule has 6 heteroatoms. The number of hydrogen-bond donors (Lipinski definition) is 0. The standard InChI is InChI=1S/C27H54O6/c1-3-4-5-6-7-8-9-10-11-12-13-14-15-16-17-18-19-30-20-21-31-22-23-32-24-25-33-26-27(28)29-2/h3-26H2,1-2H3. The molecule has 0 N–H and O–H groups in total. The van der Waals surface area contributed by atoms with Crippen LogP contribution in [0.4, 0.5) is 0 Å². The maximum absolute atomic E-state index is 10.8. The summed E-state index contributed by atoms with van der Waals surface area (Å²) in [6.45, 7) is 6.19. The van der Waals surface area contributed by atoms with Crippen molar-refractivity contribution in [2.75, 3.05) is 60.0 Å². The van der Waals surface area contributed by atoms with Crippen molar-refractivity contribution in [2.45, 2.75) is 110 Å². The van der Waals surface area contributed by atoms with Crippen LogP contribution in [0.1, 0.15) is 110 Å². The maximum Gasteiger partial charge on any atom is 0.331 e. The lowest BCUT2D eigenvalue weighted by Gasteiger charge is -2.07. The van der Waals surface area contributed by atoms with Gasteiger partial charge in [-0.2, -0.15) is 0 Å². The van der Waals surface area contributed by atoms with Crippen LogP contribution in [0.25, 0.3) is 0 Å². The summed E-state index contributed by atoms with van der Waals surface area (Å²) in [6.07, 6.45) is 22.2. The first-order valence-electron chi connectivity index (χ1n) is 13.7. The number of carbonyl (C=O) groups excluding carboxylic acids is 1. The van der Waals surface area contributed by atoms with Gasteiger partial charge in [-0.15, -0.1) is 0 Å². The minimum Gasteiger partial charge on any atom is -0.467 e.